The molecule has 1 rings (SSSR count). The SMILES string of the molecule is O=P([O-])([O-])O[C@@H]1[C@@H](O)[C@@H](OP(=O)([O-])[O-])[C@H](OP(=O)([O-])[O-])[C@H](O)[C@@H]1O.[K+].[K+].[K+].[K+].[K+].[K+]. The van der Waals surface area contributed by atoms with Crippen molar-refractivity contribution in [2.24, 2.45) is 0 Å². The third kappa shape index (κ3) is 21.7. The van der Waals surface area contributed by atoms with E-state index in [1.54, 1.807) is 0 Å². The summed E-state index contributed by atoms with van der Waals surface area (Å²) in [4.78, 5) is 63.6. The van der Waals surface area contributed by atoms with E-state index in [1.165, 1.54) is 0 Å². The molecule has 0 heterocycles. The average molecular weight is 649 g/mol. The molecule has 15 nitrogen and oxygen atoms in total. The minimum Gasteiger partial charge on any atom is -0.790 e. The second kappa shape index (κ2) is 23.5. The summed E-state index contributed by atoms with van der Waals surface area (Å²) in [6.45, 7) is 0. The quantitative estimate of drug-likeness (QED) is 0.178. The van der Waals surface area contributed by atoms with Gasteiger partial charge < -0.3 is 71.9 Å². The summed E-state index contributed by atoms with van der Waals surface area (Å²) in [6.07, 6.45) is -15.7. The molecule has 0 spiro atoms. The normalized spacial score (nSPS) is 28.7. The Morgan fingerprint density at radius 1 is 0.467 bits per heavy atom. The van der Waals surface area contributed by atoms with Crippen LogP contribution in [-0.2, 0) is 27.3 Å². The van der Waals surface area contributed by atoms with Gasteiger partial charge in [0, 0.05) is 0 Å². The van der Waals surface area contributed by atoms with Crippen molar-refractivity contribution in [3.63, 3.8) is 0 Å². The fourth-order valence-corrected chi connectivity index (χ4v) is 3.62. The summed E-state index contributed by atoms with van der Waals surface area (Å²) >= 11 is 0. The van der Waals surface area contributed by atoms with Crippen molar-refractivity contribution < 1.29 is 380 Å². The zero-order chi connectivity index (χ0) is 19.1. The van der Waals surface area contributed by atoms with Gasteiger partial charge in [-0.25, -0.2) is 0 Å². The van der Waals surface area contributed by atoms with E-state index >= 15 is 0 Å². The molecule has 0 unspecified atom stereocenters. The zero-order valence-corrected chi connectivity index (χ0v) is 38.5. The molecular weight excluding hydrogens is 640 g/mol. The average Bonchev–Trinajstić information content (AvgIpc) is 2.32. The van der Waals surface area contributed by atoms with E-state index in [-0.39, 0.29) is 308 Å². The van der Waals surface area contributed by atoms with Crippen molar-refractivity contribution in [3.8, 4) is 0 Å². The molecule has 0 amide bonds. The molecule has 1 aliphatic carbocycles. The van der Waals surface area contributed by atoms with Gasteiger partial charge in [0.05, 0.1) is 23.5 Å². The predicted octanol–water partition coefficient (Wildman–Crippen LogP) is -25.3. The maximum absolute atomic E-state index is 10.6. The summed E-state index contributed by atoms with van der Waals surface area (Å²) in [5.41, 5.74) is 0. The summed E-state index contributed by atoms with van der Waals surface area (Å²) in [5, 5.41) is 28.9. The maximum atomic E-state index is 10.6. The Morgan fingerprint density at radius 3 is 0.933 bits per heavy atom. The molecule has 0 bridgehead atoms. The Kier molecular flexibility index (Phi) is 41.2. The molecule has 0 aromatic heterocycles. The van der Waals surface area contributed by atoms with Gasteiger partial charge in [0.1, 0.15) is 36.6 Å². The van der Waals surface area contributed by atoms with Gasteiger partial charge in [0.15, 0.2) is 0 Å². The minimum atomic E-state index is -6.01. The smallest absolute Gasteiger partial charge is 0.790 e. The monoisotopic (exact) mass is 648 g/mol. The molecule has 3 N–H and O–H groups in total. The van der Waals surface area contributed by atoms with E-state index in [1.807, 2.05) is 0 Å². The Bertz CT molecular complexity index is 595. The molecule has 24 heteroatoms. The van der Waals surface area contributed by atoms with Crippen molar-refractivity contribution in [2.75, 3.05) is 0 Å². The summed E-state index contributed by atoms with van der Waals surface area (Å²) < 4.78 is 43.0. The van der Waals surface area contributed by atoms with Crippen LogP contribution in [0.2, 0.25) is 0 Å². The largest absolute Gasteiger partial charge is 1.00 e. The second-order valence-electron chi connectivity index (χ2n) is 4.52. The van der Waals surface area contributed by atoms with Crippen LogP contribution in [-0.4, -0.2) is 51.9 Å². The zero-order valence-electron chi connectivity index (χ0n) is 17.0. The third-order valence-corrected chi connectivity index (χ3v) is 4.28. The molecule has 0 radical (unpaired) electrons. The van der Waals surface area contributed by atoms with Crippen LogP contribution in [0.25, 0.3) is 0 Å². The first kappa shape index (κ1) is 52.7. The summed E-state index contributed by atoms with van der Waals surface area (Å²) in [6, 6.07) is 0. The number of phosphoric acid groups is 3. The van der Waals surface area contributed by atoms with Crippen molar-refractivity contribution >= 4 is 23.5 Å². The molecule has 144 valence electrons. The molecular formula is C6H9K6O15P3. The Labute approximate surface area is 426 Å². The first-order valence-corrected chi connectivity index (χ1v) is 10.1. The number of aliphatic hydroxyl groups is 3. The van der Waals surface area contributed by atoms with Gasteiger partial charge in [-0.1, -0.05) is 0 Å². The van der Waals surface area contributed by atoms with Crippen LogP contribution in [0.3, 0.4) is 0 Å². The van der Waals surface area contributed by atoms with Crippen molar-refractivity contribution in [2.45, 2.75) is 36.6 Å². The van der Waals surface area contributed by atoms with E-state index in [4.69, 9.17) is 0 Å². The van der Waals surface area contributed by atoms with E-state index in [0.717, 1.165) is 0 Å². The fraction of sp³-hybridized carbons (Fsp3) is 1.00. The standard InChI is InChI=1S/C6H15O15P3.6K/c7-1-2(8)5(20-23(13,14)15)6(21-24(16,17)18)3(9)4(1)19-22(10,11)12;;;;;;/h1-9H,(H2,10,11,12)(H2,13,14,15)(H2,16,17,18);;;;;;/q;6*+1/p-6/t1-,2+,3+,4-,5+,6+;;;;;;/m0....../s1. The molecule has 0 saturated heterocycles. The van der Waals surface area contributed by atoms with Gasteiger partial charge in [-0.15, -0.1) is 0 Å². The Morgan fingerprint density at radius 2 is 0.667 bits per heavy atom. The fourth-order valence-electron chi connectivity index (χ4n) is 1.98. The van der Waals surface area contributed by atoms with Gasteiger partial charge in [-0.3, -0.25) is 0 Å². The van der Waals surface area contributed by atoms with E-state index in [0.29, 0.717) is 0 Å². The first-order chi connectivity index (χ1) is 10.5. The first-order valence-electron chi connectivity index (χ1n) is 5.67. The van der Waals surface area contributed by atoms with Crippen LogP contribution in [0.1, 0.15) is 0 Å². The van der Waals surface area contributed by atoms with Gasteiger partial charge >= 0.3 is 308 Å². The van der Waals surface area contributed by atoms with Crippen LogP contribution in [0.5, 0.6) is 0 Å². The molecule has 1 fully saturated rings. The van der Waals surface area contributed by atoms with E-state index in [9.17, 15) is 58.4 Å². The second-order valence-corrected chi connectivity index (χ2v) is 7.84. The van der Waals surface area contributed by atoms with Crippen molar-refractivity contribution in [3.05, 3.63) is 0 Å². The van der Waals surface area contributed by atoms with Gasteiger partial charge in [-0.2, -0.15) is 0 Å². The molecule has 1 aliphatic rings. The topological polar surface area (TPSA) is 278 Å². The molecule has 30 heavy (non-hydrogen) atoms. The summed E-state index contributed by atoms with van der Waals surface area (Å²) in [5.74, 6) is 0. The van der Waals surface area contributed by atoms with E-state index < -0.39 is 60.1 Å². The third-order valence-electron chi connectivity index (χ3n) is 2.77. The molecule has 0 aliphatic heterocycles. The van der Waals surface area contributed by atoms with Crippen LogP contribution in [0.4, 0.5) is 0 Å². The maximum Gasteiger partial charge on any atom is 1.00 e. The van der Waals surface area contributed by atoms with Crippen LogP contribution < -0.4 is 338 Å². The van der Waals surface area contributed by atoms with E-state index in [2.05, 4.69) is 13.6 Å². The number of aliphatic hydroxyl groups excluding tert-OH is 3. The minimum absolute atomic E-state index is 0. The Hall–Kier alpha value is 10.0. The number of hydrogen-bond acceptors (Lipinski definition) is 15. The van der Waals surface area contributed by atoms with Crippen LogP contribution in [0.15, 0.2) is 0 Å². The molecule has 6 atom stereocenters. The van der Waals surface area contributed by atoms with Gasteiger partial charge in [0.25, 0.3) is 0 Å². The predicted molar refractivity (Wildman–Crippen MR) is 55.5 cm³/mol. The number of hydrogen-bond donors (Lipinski definition) is 3. The molecule has 1 saturated carbocycles. The number of rotatable bonds is 6. The van der Waals surface area contributed by atoms with Crippen LogP contribution in [0, 0.1) is 0 Å². The Balaban J connectivity index is -0.000000240. The number of phosphoric ester groups is 3. The van der Waals surface area contributed by atoms with Gasteiger partial charge in [-0.05, 0) is 0 Å². The molecule has 0 aromatic rings. The van der Waals surface area contributed by atoms with Gasteiger partial charge in [0.2, 0.25) is 0 Å². The molecule has 0 aromatic carbocycles. The summed E-state index contributed by atoms with van der Waals surface area (Å²) in [7, 11) is -17.9. The van der Waals surface area contributed by atoms with Crippen LogP contribution >= 0.6 is 23.5 Å². The van der Waals surface area contributed by atoms with Crippen molar-refractivity contribution in [1.82, 2.24) is 0 Å². The van der Waals surface area contributed by atoms with Crippen molar-refractivity contribution in [1.29, 1.82) is 0 Å².